The number of nitrogens with zero attached hydrogens (tertiary/aromatic N) is 4. The predicted octanol–water partition coefficient (Wildman–Crippen LogP) is -0.873. The first kappa shape index (κ1) is 21.9. The lowest BCUT2D eigenvalue weighted by Crippen LogP contribution is -2.23. The standard InChI is InChI=1S/C15H18N6O7S/c1-8-11(15(25)27-4-3-26-2)14(29-12(8)13(16)24)18-9(22)6-28-10(23)5-21-7-17-19-20-21/h7H,3-6H2,1-2H3,(H2,16,24)(H,18,22). The molecule has 29 heavy (non-hydrogen) atoms. The maximum Gasteiger partial charge on any atom is 0.341 e. The summed E-state index contributed by atoms with van der Waals surface area (Å²) in [6, 6.07) is 0. The van der Waals surface area contributed by atoms with E-state index in [4.69, 9.17) is 19.9 Å². The number of rotatable bonds is 10. The van der Waals surface area contributed by atoms with Gasteiger partial charge in [-0.2, -0.15) is 0 Å². The number of methoxy groups -OCH3 is 1. The molecule has 2 amide bonds. The van der Waals surface area contributed by atoms with Gasteiger partial charge in [0, 0.05) is 7.11 Å². The lowest BCUT2D eigenvalue weighted by atomic mass is 10.1. The zero-order valence-corrected chi connectivity index (χ0v) is 16.4. The van der Waals surface area contributed by atoms with Crippen molar-refractivity contribution in [2.45, 2.75) is 13.5 Å². The van der Waals surface area contributed by atoms with Crippen molar-refractivity contribution in [2.24, 2.45) is 5.73 Å². The third-order valence-corrected chi connectivity index (χ3v) is 4.62. The molecule has 156 valence electrons. The monoisotopic (exact) mass is 426 g/mol. The molecule has 14 heteroatoms. The van der Waals surface area contributed by atoms with Crippen LogP contribution in [0.2, 0.25) is 0 Å². The van der Waals surface area contributed by atoms with E-state index in [2.05, 4.69) is 20.8 Å². The number of esters is 2. The van der Waals surface area contributed by atoms with E-state index in [1.165, 1.54) is 20.4 Å². The highest BCUT2D eigenvalue weighted by Gasteiger charge is 2.26. The number of anilines is 1. The Bertz CT molecular complexity index is 895. The number of hydrogen-bond acceptors (Lipinski definition) is 11. The van der Waals surface area contributed by atoms with E-state index in [0.29, 0.717) is 0 Å². The van der Waals surface area contributed by atoms with Gasteiger partial charge >= 0.3 is 11.9 Å². The van der Waals surface area contributed by atoms with Crippen molar-refractivity contribution in [1.29, 1.82) is 0 Å². The summed E-state index contributed by atoms with van der Waals surface area (Å²) < 4.78 is 15.8. The Hall–Kier alpha value is -3.39. The van der Waals surface area contributed by atoms with Gasteiger partial charge in [0.2, 0.25) is 0 Å². The van der Waals surface area contributed by atoms with Crippen molar-refractivity contribution in [2.75, 3.05) is 32.2 Å². The summed E-state index contributed by atoms with van der Waals surface area (Å²) in [4.78, 5) is 47.8. The molecular formula is C15H18N6O7S. The third kappa shape index (κ3) is 6.05. The molecule has 0 fully saturated rings. The number of primary amides is 1. The first-order chi connectivity index (χ1) is 13.8. The second-order valence-electron chi connectivity index (χ2n) is 5.47. The normalized spacial score (nSPS) is 10.4. The van der Waals surface area contributed by atoms with Crippen molar-refractivity contribution in [3.05, 3.63) is 22.3 Å². The largest absolute Gasteiger partial charge is 0.460 e. The molecule has 0 saturated heterocycles. The number of carbonyl (C=O) groups is 4. The van der Waals surface area contributed by atoms with Crippen LogP contribution in [-0.2, 0) is 30.3 Å². The molecule has 0 saturated carbocycles. The van der Waals surface area contributed by atoms with Gasteiger partial charge in [0.25, 0.3) is 11.8 Å². The zero-order valence-electron chi connectivity index (χ0n) is 15.5. The number of ether oxygens (including phenoxy) is 3. The maximum absolute atomic E-state index is 12.3. The van der Waals surface area contributed by atoms with Crippen molar-refractivity contribution < 1.29 is 33.4 Å². The van der Waals surface area contributed by atoms with Crippen LogP contribution < -0.4 is 11.1 Å². The fourth-order valence-corrected chi connectivity index (χ4v) is 3.17. The highest BCUT2D eigenvalue weighted by Crippen LogP contribution is 2.33. The summed E-state index contributed by atoms with van der Waals surface area (Å²) in [6.07, 6.45) is 1.21. The van der Waals surface area contributed by atoms with Crippen LogP contribution in [0.25, 0.3) is 0 Å². The van der Waals surface area contributed by atoms with Crippen LogP contribution >= 0.6 is 11.3 Å². The highest BCUT2D eigenvalue weighted by molar-refractivity contribution is 7.18. The molecule has 0 aliphatic rings. The van der Waals surface area contributed by atoms with Crippen LogP contribution in [0, 0.1) is 6.92 Å². The minimum absolute atomic E-state index is 0.00623. The van der Waals surface area contributed by atoms with Crippen molar-refractivity contribution >= 4 is 40.1 Å². The smallest absolute Gasteiger partial charge is 0.341 e. The van der Waals surface area contributed by atoms with Crippen LogP contribution in [-0.4, -0.2) is 70.9 Å². The predicted molar refractivity (Wildman–Crippen MR) is 97.1 cm³/mol. The molecule has 0 radical (unpaired) electrons. The van der Waals surface area contributed by atoms with E-state index in [0.717, 1.165) is 16.0 Å². The Morgan fingerprint density at radius 1 is 1.24 bits per heavy atom. The number of nitrogens with one attached hydrogen (secondary N) is 1. The van der Waals surface area contributed by atoms with Crippen LogP contribution in [0.15, 0.2) is 6.33 Å². The molecule has 0 bridgehead atoms. The molecule has 2 aromatic heterocycles. The Balaban J connectivity index is 2.04. The summed E-state index contributed by atoms with van der Waals surface area (Å²) in [7, 11) is 1.45. The number of amides is 2. The number of nitrogens with two attached hydrogens (primary N) is 1. The van der Waals surface area contributed by atoms with Gasteiger partial charge in [-0.3, -0.25) is 14.4 Å². The Morgan fingerprint density at radius 3 is 2.62 bits per heavy atom. The number of hydrogen-bond donors (Lipinski definition) is 2. The van der Waals surface area contributed by atoms with E-state index in [9.17, 15) is 19.2 Å². The minimum atomic E-state index is -0.758. The number of tetrazole rings is 1. The molecule has 2 heterocycles. The van der Waals surface area contributed by atoms with Gasteiger partial charge in [0.15, 0.2) is 6.61 Å². The van der Waals surface area contributed by atoms with Crippen LogP contribution in [0.5, 0.6) is 0 Å². The maximum atomic E-state index is 12.3. The second kappa shape index (κ2) is 10.2. The van der Waals surface area contributed by atoms with Crippen molar-refractivity contribution in [3.8, 4) is 0 Å². The summed E-state index contributed by atoms with van der Waals surface area (Å²) in [5.74, 6) is -2.98. The quantitative estimate of drug-likeness (QED) is 0.358. The average Bonchev–Trinajstić information content (AvgIpc) is 3.28. The Labute approximate surface area is 168 Å². The molecular weight excluding hydrogens is 408 g/mol. The van der Waals surface area contributed by atoms with E-state index >= 15 is 0 Å². The lowest BCUT2D eigenvalue weighted by molar-refractivity contribution is -0.148. The van der Waals surface area contributed by atoms with Crippen LogP contribution in [0.4, 0.5) is 5.00 Å². The van der Waals surface area contributed by atoms with Gasteiger partial charge in [-0.25, -0.2) is 9.48 Å². The molecule has 0 unspecified atom stereocenters. The SMILES string of the molecule is COCCOC(=O)c1c(NC(=O)COC(=O)Cn2cnnn2)sc(C(N)=O)c1C. The number of carbonyl (C=O) groups excluding carboxylic acids is 4. The second-order valence-corrected chi connectivity index (χ2v) is 6.49. The van der Waals surface area contributed by atoms with E-state index < -0.39 is 30.4 Å². The zero-order chi connectivity index (χ0) is 21.4. The van der Waals surface area contributed by atoms with E-state index in [1.807, 2.05) is 0 Å². The third-order valence-electron chi connectivity index (χ3n) is 3.40. The van der Waals surface area contributed by atoms with E-state index in [-0.39, 0.29) is 40.8 Å². The number of thiophene rings is 1. The summed E-state index contributed by atoms with van der Waals surface area (Å²) >= 11 is 0.818. The van der Waals surface area contributed by atoms with Gasteiger partial charge in [-0.1, -0.05) is 0 Å². The molecule has 2 rings (SSSR count). The summed E-state index contributed by atoms with van der Waals surface area (Å²) in [5, 5.41) is 12.7. The van der Waals surface area contributed by atoms with Crippen molar-refractivity contribution in [3.63, 3.8) is 0 Å². The fourth-order valence-electron chi connectivity index (χ4n) is 2.11. The van der Waals surface area contributed by atoms with Gasteiger partial charge in [0.05, 0.1) is 17.0 Å². The van der Waals surface area contributed by atoms with Gasteiger partial charge in [0.1, 0.15) is 24.5 Å². The molecule has 13 nitrogen and oxygen atoms in total. The molecule has 0 aromatic carbocycles. The fraction of sp³-hybridized carbons (Fsp3) is 0.400. The Kier molecular flexibility index (Phi) is 7.73. The summed E-state index contributed by atoms with van der Waals surface area (Å²) in [5.41, 5.74) is 5.58. The van der Waals surface area contributed by atoms with Crippen LogP contribution in [0.3, 0.4) is 0 Å². The molecule has 0 aliphatic carbocycles. The van der Waals surface area contributed by atoms with E-state index in [1.54, 1.807) is 0 Å². The first-order valence-corrected chi connectivity index (χ1v) is 8.90. The molecule has 3 N–H and O–H groups in total. The minimum Gasteiger partial charge on any atom is -0.460 e. The molecule has 0 spiro atoms. The van der Waals surface area contributed by atoms with Gasteiger partial charge in [-0.15, -0.1) is 16.4 Å². The molecule has 2 aromatic rings. The highest BCUT2D eigenvalue weighted by atomic mass is 32.1. The average molecular weight is 426 g/mol. The molecule has 0 atom stereocenters. The lowest BCUT2D eigenvalue weighted by Gasteiger charge is -2.08. The van der Waals surface area contributed by atoms with Crippen molar-refractivity contribution in [1.82, 2.24) is 20.2 Å². The Morgan fingerprint density at radius 2 is 2.00 bits per heavy atom. The first-order valence-electron chi connectivity index (χ1n) is 8.09. The van der Waals surface area contributed by atoms with Gasteiger partial charge in [-0.05, 0) is 22.9 Å². The number of aromatic nitrogens is 4. The van der Waals surface area contributed by atoms with Crippen LogP contribution in [0.1, 0.15) is 25.6 Å². The van der Waals surface area contributed by atoms with Gasteiger partial charge < -0.3 is 25.3 Å². The molecule has 0 aliphatic heterocycles. The topological polar surface area (TPSA) is 178 Å². The summed E-state index contributed by atoms with van der Waals surface area (Å²) in [6.45, 7) is 0.768.